The van der Waals surface area contributed by atoms with E-state index < -0.39 is 6.04 Å². The van der Waals surface area contributed by atoms with Crippen molar-refractivity contribution in [3.8, 4) is 0 Å². The van der Waals surface area contributed by atoms with Gasteiger partial charge in [0.2, 0.25) is 5.91 Å². The first-order valence-electron chi connectivity index (χ1n) is 5.59. The maximum absolute atomic E-state index is 12.0. The Hall–Kier alpha value is -2.04. The quantitative estimate of drug-likeness (QED) is 0.761. The van der Waals surface area contributed by atoms with Gasteiger partial charge in [0.1, 0.15) is 6.04 Å². The molecule has 17 heavy (non-hydrogen) atoms. The topological polar surface area (TPSA) is 61.4 Å². The lowest BCUT2D eigenvalue weighted by Gasteiger charge is -2.32. The zero-order valence-corrected chi connectivity index (χ0v) is 9.64. The predicted octanol–water partition coefficient (Wildman–Crippen LogP) is 1.04. The molecule has 3 amide bonds. The van der Waals surface area contributed by atoms with Crippen molar-refractivity contribution in [1.29, 1.82) is 0 Å². The van der Waals surface area contributed by atoms with Gasteiger partial charge < -0.3 is 15.5 Å². The van der Waals surface area contributed by atoms with Gasteiger partial charge in [-0.3, -0.25) is 4.79 Å². The Balaban J connectivity index is 2.02. The summed E-state index contributed by atoms with van der Waals surface area (Å²) >= 11 is 0. The summed E-state index contributed by atoms with van der Waals surface area (Å²) in [6.07, 6.45) is 0. The molecule has 0 radical (unpaired) electrons. The molecule has 0 aromatic heterocycles. The average Bonchev–Trinajstić information content (AvgIpc) is 2.34. The molecule has 1 fully saturated rings. The van der Waals surface area contributed by atoms with E-state index in [0.717, 1.165) is 5.69 Å². The van der Waals surface area contributed by atoms with Crippen molar-refractivity contribution in [1.82, 2.24) is 10.2 Å². The van der Waals surface area contributed by atoms with Gasteiger partial charge in [-0.05, 0) is 19.1 Å². The van der Waals surface area contributed by atoms with Crippen LogP contribution in [-0.4, -0.2) is 36.0 Å². The summed E-state index contributed by atoms with van der Waals surface area (Å²) in [5.74, 6) is -0.112. The second-order valence-electron chi connectivity index (χ2n) is 3.96. The van der Waals surface area contributed by atoms with E-state index in [4.69, 9.17) is 0 Å². The summed E-state index contributed by atoms with van der Waals surface area (Å²) in [4.78, 5) is 24.9. The minimum absolute atomic E-state index is 0.112. The fraction of sp³-hybridized carbons (Fsp3) is 0.333. The van der Waals surface area contributed by atoms with Gasteiger partial charge in [-0.2, -0.15) is 0 Å². The second kappa shape index (κ2) is 4.86. The number of rotatable bonds is 1. The van der Waals surface area contributed by atoms with E-state index in [-0.39, 0.29) is 11.9 Å². The lowest BCUT2D eigenvalue weighted by molar-refractivity contribution is -0.126. The average molecular weight is 233 g/mol. The van der Waals surface area contributed by atoms with E-state index in [0.29, 0.717) is 13.1 Å². The number of urea groups is 1. The van der Waals surface area contributed by atoms with Crippen LogP contribution in [0.2, 0.25) is 0 Å². The summed E-state index contributed by atoms with van der Waals surface area (Å²) in [6, 6.07) is 8.54. The molecule has 0 spiro atoms. The molecule has 1 unspecified atom stereocenters. The molecule has 2 N–H and O–H groups in total. The van der Waals surface area contributed by atoms with E-state index in [2.05, 4.69) is 10.6 Å². The van der Waals surface area contributed by atoms with Gasteiger partial charge >= 0.3 is 6.03 Å². The molecule has 1 aromatic rings. The Labute approximate surface area is 99.8 Å². The molecule has 90 valence electrons. The second-order valence-corrected chi connectivity index (χ2v) is 3.96. The van der Waals surface area contributed by atoms with Crippen LogP contribution in [0.4, 0.5) is 10.5 Å². The van der Waals surface area contributed by atoms with Gasteiger partial charge in [0.15, 0.2) is 0 Å². The summed E-state index contributed by atoms with van der Waals surface area (Å²) < 4.78 is 0. The van der Waals surface area contributed by atoms with E-state index in [1.807, 2.05) is 30.3 Å². The van der Waals surface area contributed by atoms with Gasteiger partial charge in [-0.15, -0.1) is 0 Å². The maximum atomic E-state index is 12.0. The van der Waals surface area contributed by atoms with Gasteiger partial charge in [0.05, 0.1) is 0 Å². The highest BCUT2D eigenvalue weighted by Gasteiger charge is 2.29. The Kier molecular flexibility index (Phi) is 3.27. The largest absolute Gasteiger partial charge is 0.353 e. The third-order valence-corrected chi connectivity index (χ3v) is 2.78. The third-order valence-electron chi connectivity index (χ3n) is 2.78. The van der Waals surface area contributed by atoms with E-state index in [1.165, 1.54) is 4.90 Å². The van der Waals surface area contributed by atoms with Crippen molar-refractivity contribution in [2.24, 2.45) is 0 Å². The molecule has 2 rings (SSSR count). The van der Waals surface area contributed by atoms with Gasteiger partial charge in [0.25, 0.3) is 0 Å². The van der Waals surface area contributed by atoms with E-state index in [9.17, 15) is 9.59 Å². The molecule has 1 aliphatic rings. The molecular formula is C12H15N3O2. The van der Waals surface area contributed by atoms with Crippen molar-refractivity contribution in [2.45, 2.75) is 13.0 Å². The summed E-state index contributed by atoms with van der Waals surface area (Å²) in [7, 11) is 0. The highest BCUT2D eigenvalue weighted by atomic mass is 16.2. The lowest BCUT2D eigenvalue weighted by atomic mass is 10.2. The number of hydrogen-bond acceptors (Lipinski definition) is 2. The molecular weight excluding hydrogens is 218 g/mol. The van der Waals surface area contributed by atoms with Crippen molar-refractivity contribution in [3.05, 3.63) is 30.3 Å². The molecule has 1 aromatic carbocycles. The number of para-hydroxylation sites is 1. The Morgan fingerprint density at radius 2 is 2.12 bits per heavy atom. The number of amides is 3. The molecule has 5 nitrogen and oxygen atoms in total. The highest BCUT2D eigenvalue weighted by molar-refractivity contribution is 5.94. The molecule has 1 aliphatic heterocycles. The highest BCUT2D eigenvalue weighted by Crippen LogP contribution is 2.10. The van der Waals surface area contributed by atoms with Crippen LogP contribution >= 0.6 is 0 Å². The first-order valence-corrected chi connectivity index (χ1v) is 5.59. The maximum Gasteiger partial charge on any atom is 0.322 e. The van der Waals surface area contributed by atoms with Crippen LogP contribution in [0, 0.1) is 0 Å². The molecule has 1 saturated heterocycles. The van der Waals surface area contributed by atoms with Gasteiger partial charge in [-0.1, -0.05) is 18.2 Å². The van der Waals surface area contributed by atoms with Crippen LogP contribution in [0.3, 0.4) is 0 Å². The van der Waals surface area contributed by atoms with Gasteiger partial charge in [-0.25, -0.2) is 4.79 Å². The fourth-order valence-electron chi connectivity index (χ4n) is 1.78. The van der Waals surface area contributed by atoms with Crippen molar-refractivity contribution >= 4 is 17.6 Å². The number of anilines is 1. The molecule has 1 heterocycles. The SMILES string of the molecule is CC1C(=O)NCCN1C(=O)Nc1ccccc1. The Morgan fingerprint density at radius 3 is 2.82 bits per heavy atom. The van der Waals surface area contributed by atoms with Crippen molar-refractivity contribution in [3.63, 3.8) is 0 Å². The fourth-order valence-corrected chi connectivity index (χ4v) is 1.78. The van der Waals surface area contributed by atoms with Crippen LogP contribution in [0.1, 0.15) is 6.92 Å². The standard InChI is InChI=1S/C12H15N3O2/c1-9-11(16)13-7-8-15(9)12(17)14-10-5-3-2-4-6-10/h2-6,9H,7-8H2,1H3,(H,13,16)(H,14,17). The van der Waals surface area contributed by atoms with E-state index in [1.54, 1.807) is 6.92 Å². The molecule has 0 bridgehead atoms. The van der Waals surface area contributed by atoms with Crippen molar-refractivity contribution in [2.75, 3.05) is 18.4 Å². The number of carbonyl (C=O) groups is 2. The Bertz CT molecular complexity index is 419. The third kappa shape index (κ3) is 2.55. The Morgan fingerprint density at radius 1 is 1.41 bits per heavy atom. The molecule has 0 saturated carbocycles. The number of nitrogens with one attached hydrogen (secondary N) is 2. The van der Waals surface area contributed by atoms with E-state index >= 15 is 0 Å². The number of carbonyl (C=O) groups excluding carboxylic acids is 2. The molecule has 1 atom stereocenters. The minimum Gasteiger partial charge on any atom is -0.353 e. The summed E-state index contributed by atoms with van der Waals surface area (Å²) in [5.41, 5.74) is 0.732. The normalized spacial score (nSPS) is 19.7. The van der Waals surface area contributed by atoms with Crippen LogP contribution in [0.25, 0.3) is 0 Å². The number of piperazine rings is 1. The monoisotopic (exact) mass is 233 g/mol. The zero-order valence-electron chi connectivity index (χ0n) is 9.64. The van der Waals surface area contributed by atoms with Crippen LogP contribution in [0.5, 0.6) is 0 Å². The predicted molar refractivity (Wildman–Crippen MR) is 64.6 cm³/mol. The smallest absolute Gasteiger partial charge is 0.322 e. The van der Waals surface area contributed by atoms with Gasteiger partial charge in [0, 0.05) is 18.8 Å². The number of hydrogen-bond donors (Lipinski definition) is 2. The van der Waals surface area contributed by atoms with Crippen LogP contribution in [-0.2, 0) is 4.79 Å². The lowest BCUT2D eigenvalue weighted by Crippen LogP contribution is -2.56. The molecule has 0 aliphatic carbocycles. The molecule has 5 heteroatoms. The van der Waals surface area contributed by atoms with Crippen molar-refractivity contribution < 1.29 is 9.59 Å². The zero-order chi connectivity index (χ0) is 12.3. The van der Waals surface area contributed by atoms with Crippen LogP contribution in [0.15, 0.2) is 30.3 Å². The minimum atomic E-state index is -0.424. The summed E-state index contributed by atoms with van der Waals surface area (Å²) in [6.45, 7) is 2.76. The number of nitrogens with zero attached hydrogens (tertiary/aromatic N) is 1. The summed E-state index contributed by atoms with van der Waals surface area (Å²) in [5, 5.41) is 5.49. The number of benzene rings is 1. The first-order chi connectivity index (χ1) is 8.18. The van der Waals surface area contributed by atoms with Crippen LogP contribution < -0.4 is 10.6 Å². The first kappa shape index (κ1) is 11.4.